The van der Waals surface area contributed by atoms with E-state index in [1.807, 2.05) is 42.8 Å². The maximum absolute atomic E-state index is 12.2. The summed E-state index contributed by atoms with van der Waals surface area (Å²) in [6, 6.07) is 17.1. The summed E-state index contributed by atoms with van der Waals surface area (Å²) in [6.07, 6.45) is 0. The fourth-order valence-electron chi connectivity index (χ4n) is 3.04. The molecule has 1 heterocycles. The fourth-order valence-corrected chi connectivity index (χ4v) is 3.44. The molecular weight excluding hydrogens is 432 g/mol. The standard InChI is InChI=1S/C22H23BrN4O2/c1-15-20(16(2)27(26-15)14-17-7-4-3-5-8-17)12-24-21(28)13-25-22(29)18-9-6-10-19(23)11-18/h3-11H,12-14H2,1-2H3,(H,24,28)(H,25,29). The molecule has 0 radical (unpaired) electrons. The SMILES string of the molecule is Cc1nn(Cc2ccccc2)c(C)c1CNC(=O)CNC(=O)c1cccc(Br)c1. The molecule has 7 heteroatoms. The van der Waals surface area contributed by atoms with Gasteiger partial charge in [-0.1, -0.05) is 52.3 Å². The third kappa shape index (κ3) is 5.54. The predicted molar refractivity (Wildman–Crippen MR) is 116 cm³/mol. The number of rotatable bonds is 7. The lowest BCUT2D eigenvalue weighted by Crippen LogP contribution is -2.36. The highest BCUT2D eigenvalue weighted by Gasteiger charge is 2.13. The van der Waals surface area contributed by atoms with E-state index in [0.29, 0.717) is 18.7 Å². The van der Waals surface area contributed by atoms with Crippen LogP contribution in [0.15, 0.2) is 59.1 Å². The summed E-state index contributed by atoms with van der Waals surface area (Å²) in [5, 5.41) is 10.1. The molecule has 0 aliphatic heterocycles. The number of hydrogen-bond acceptors (Lipinski definition) is 3. The summed E-state index contributed by atoms with van der Waals surface area (Å²) in [7, 11) is 0. The number of aromatic nitrogens is 2. The molecule has 0 aliphatic rings. The maximum Gasteiger partial charge on any atom is 0.251 e. The van der Waals surface area contributed by atoms with Crippen molar-refractivity contribution in [2.24, 2.45) is 0 Å². The monoisotopic (exact) mass is 454 g/mol. The Morgan fingerprint density at radius 3 is 2.52 bits per heavy atom. The van der Waals surface area contributed by atoms with Crippen molar-refractivity contribution in [1.82, 2.24) is 20.4 Å². The zero-order valence-corrected chi connectivity index (χ0v) is 18.0. The number of hydrogen-bond donors (Lipinski definition) is 2. The summed E-state index contributed by atoms with van der Waals surface area (Å²) < 4.78 is 2.76. The lowest BCUT2D eigenvalue weighted by atomic mass is 10.2. The Labute approximate surface area is 178 Å². The second-order valence-electron chi connectivity index (χ2n) is 6.76. The van der Waals surface area contributed by atoms with Crippen LogP contribution >= 0.6 is 15.9 Å². The van der Waals surface area contributed by atoms with Gasteiger partial charge in [0.15, 0.2) is 0 Å². The highest BCUT2D eigenvalue weighted by atomic mass is 79.9. The molecule has 2 aromatic carbocycles. The van der Waals surface area contributed by atoms with Crippen molar-refractivity contribution in [3.05, 3.63) is 87.1 Å². The summed E-state index contributed by atoms with van der Waals surface area (Å²) in [5.74, 6) is -0.535. The van der Waals surface area contributed by atoms with Gasteiger partial charge in [-0.2, -0.15) is 5.10 Å². The molecule has 1 aromatic heterocycles. The number of benzene rings is 2. The van der Waals surface area contributed by atoms with E-state index in [1.54, 1.807) is 18.2 Å². The van der Waals surface area contributed by atoms with Gasteiger partial charge in [-0.05, 0) is 37.6 Å². The van der Waals surface area contributed by atoms with Crippen LogP contribution in [0.1, 0.15) is 32.9 Å². The first-order valence-corrected chi connectivity index (χ1v) is 10.1. The molecule has 3 rings (SSSR count). The Bertz CT molecular complexity index is 1010. The van der Waals surface area contributed by atoms with E-state index in [4.69, 9.17) is 0 Å². The normalized spacial score (nSPS) is 10.6. The molecule has 29 heavy (non-hydrogen) atoms. The van der Waals surface area contributed by atoms with Crippen LogP contribution in [0.2, 0.25) is 0 Å². The van der Waals surface area contributed by atoms with Crippen LogP contribution in [-0.2, 0) is 17.9 Å². The molecule has 6 nitrogen and oxygen atoms in total. The van der Waals surface area contributed by atoms with Gasteiger partial charge in [0.2, 0.25) is 5.91 Å². The van der Waals surface area contributed by atoms with E-state index in [1.165, 1.54) is 5.56 Å². The Morgan fingerprint density at radius 2 is 1.79 bits per heavy atom. The van der Waals surface area contributed by atoms with E-state index < -0.39 is 0 Å². The van der Waals surface area contributed by atoms with E-state index >= 15 is 0 Å². The molecule has 3 aromatic rings. The Hall–Kier alpha value is -2.93. The summed E-state index contributed by atoms with van der Waals surface area (Å²) >= 11 is 3.33. The molecule has 0 aliphatic carbocycles. The summed E-state index contributed by atoms with van der Waals surface area (Å²) in [5.41, 5.74) is 4.57. The number of nitrogens with one attached hydrogen (secondary N) is 2. The molecule has 0 bridgehead atoms. The highest BCUT2D eigenvalue weighted by molar-refractivity contribution is 9.10. The zero-order valence-electron chi connectivity index (χ0n) is 16.4. The molecule has 0 saturated heterocycles. The minimum Gasteiger partial charge on any atom is -0.350 e. The van der Waals surface area contributed by atoms with Crippen LogP contribution in [0.5, 0.6) is 0 Å². The van der Waals surface area contributed by atoms with Crippen LogP contribution in [0.25, 0.3) is 0 Å². The van der Waals surface area contributed by atoms with Crippen LogP contribution in [0.4, 0.5) is 0 Å². The molecule has 0 spiro atoms. The maximum atomic E-state index is 12.2. The van der Waals surface area contributed by atoms with Crippen molar-refractivity contribution in [1.29, 1.82) is 0 Å². The quantitative estimate of drug-likeness (QED) is 0.574. The third-order valence-electron chi connectivity index (χ3n) is 4.67. The Balaban J connectivity index is 1.54. The topological polar surface area (TPSA) is 76.0 Å². The predicted octanol–water partition coefficient (Wildman–Crippen LogP) is 3.36. The van der Waals surface area contributed by atoms with Gasteiger partial charge in [0.1, 0.15) is 0 Å². The van der Waals surface area contributed by atoms with Crippen LogP contribution in [0, 0.1) is 13.8 Å². The summed E-state index contributed by atoms with van der Waals surface area (Å²) in [4.78, 5) is 24.3. The molecule has 0 saturated carbocycles. The highest BCUT2D eigenvalue weighted by Crippen LogP contribution is 2.15. The second-order valence-corrected chi connectivity index (χ2v) is 7.68. The van der Waals surface area contributed by atoms with Crippen molar-refractivity contribution in [3.63, 3.8) is 0 Å². The fraction of sp³-hybridized carbons (Fsp3) is 0.227. The molecule has 2 N–H and O–H groups in total. The lowest BCUT2D eigenvalue weighted by Gasteiger charge is -2.08. The number of carbonyl (C=O) groups is 2. The minimum absolute atomic E-state index is 0.0818. The number of amides is 2. The van der Waals surface area contributed by atoms with Gasteiger partial charge < -0.3 is 10.6 Å². The molecule has 150 valence electrons. The number of halogens is 1. The molecular formula is C22H23BrN4O2. The van der Waals surface area contributed by atoms with Crippen molar-refractivity contribution >= 4 is 27.7 Å². The van der Waals surface area contributed by atoms with Gasteiger partial charge in [0.25, 0.3) is 5.91 Å². The Morgan fingerprint density at radius 1 is 1.03 bits per heavy atom. The van der Waals surface area contributed by atoms with Gasteiger partial charge in [0, 0.05) is 27.8 Å². The number of nitrogens with zero attached hydrogens (tertiary/aromatic N) is 2. The van der Waals surface area contributed by atoms with E-state index in [9.17, 15) is 9.59 Å². The molecule has 0 unspecified atom stereocenters. The Kier molecular flexibility index (Phi) is 6.82. The van der Waals surface area contributed by atoms with Crippen molar-refractivity contribution in [3.8, 4) is 0 Å². The van der Waals surface area contributed by atoms with Crippen molar-refractivity contribution < 1.29 is 9.59 Å². The van der Waals surface area contributed by atoms with Gasteiger partial charge in [-0.15, -0.1) is 0 Å². The van der Waals surface area contributed by atoms with E-state index in [0.717, 1.165) is 21.4 Å². The molecule has 2 amide bonds. The van der Waals surface area contributed by atoms with Crippen molar-refractivity contribution in [2.45, 2.75) is 26.9 Å². The van der Waals surface area contributed by atoms with Crippen LogP contribution < -0.4 is 10.6 Å². The third-order valence-corrected chi connectivity index (χ3v) is 5.16. The number of carbonyl (C=O) groups excluding carboxylic acids is 2. The van der Waals surface area contributed by atoms with E-state index in [2.05, 4.69) is 43.8 Å². The number of aryl methyl sites for hydroxylation is 1. The van der Waals surface area contributed by atoms with Gasteiger partial charge in [0.05, 0.1) is 18.8 Å². The first-order chi connectivity index (χ1) is 13.9. The zero-order chi connectivity index (χ0) is 20.8. The van der Waals surface area contributed by atoms with Gasteiger partial charge in [-0.3, -0.25) is 14.3 Å². The average molecular weight is 455 g/mol. The molecule has 0 fully saturated rings. The van der Waals surface area contributed by atoms with Crippen LogP contribution in [-0.4, -0.2) is 28.1 Å². The van der Waals surface area contributed by atoms with Crippen molar-refractivity contribution in [2.75, 3.05) is 6.54 Å². The van der Waals surface area contributed by atoms with Crippen LogP contribution in [0.3, 0.4) is 0 Å². The van der Waals surface area contributed by atoms with Gasteiger partial charge >= 0.3 is 0 Å². The average Bonchev–Trinajstić information content (AvgIpc) is 2.98. The largest absolute Gasteiger partial charge is 0.350 e. The molecule has 0 atom stereocenters. The van der Waals surface area contributed by atoms with E-state index in [-0.39, 0.29) is 18.4 Å². The first-order valence-electron chi connectivity index (χ1n) is 9.31. The second kappa shape index (κ2) is 9.52. The summed E-state index contributed by atoms with van der Waals surface area (Å²) in [6.45, 7) is 4.91. The minimum atomic E-state index is -0.288. The first kappa shape index (κ1) is 20.8. The smallest absolute Gasteiger partial charge is 0.251 e. The lowest BCUT2D eigenvalue weighted by molar-refractivity contribution is -0.120. The van der Waals surface area contributed by atoms with Gasteiger partial charge in [-0.25, -0.2) is 0 Å².